The van der Waals surface area contributed by atoms with Gasteiger partial charge >= 0.3 is 0 Å². The molecule has 0 unspecified atom stereocenters. The average Bonchev–Trinajstić information content (AvgIpc) is 2.59. The number of aliphatic hydroxyl groups is 1. The Kier molecular flexibility index (Phi) is 5.99. The van der Waals surface area contributed by atoms with Crippen molar-refractivity contribution < 1.29 is 9.84 Å². The van der Waals surface area contributed by atoms with E-state index in [9.17, 15) is 5.11 Å². The van der Waals surface area contributed by atoms with E-state index in [1.54, 1.807) is 7.11 Å². The molecule has 0 saturated heterocycles. The molecular formula is C19H25NO2. The fourth-order valence-electron chi connectivity index (χ4n) is 2.47. The molecule has 0 radical (unpaired) electrons. The Morgan fingerprint density at radius 2 is 1.68 bits per heavy atom. The summed E-state index contributed by atoms with van der Waals surface area (Å²) in [5, 5.41) is 10.5. The number of likely N-dealkylation sites (N-methyl/N-ethyl adjacent to an activating group) is 1. The minimum Gasteiger partial charge on any atom is -0.497 e. The molecule has 0 aliphatic carbocycles. The predicted molar refractivity (Wildman–Crippen MR) is 90.2 cm³/mol. The first-order valence-electron chi connectivity index (χ1n) is 7.68. The van der Waals surface area contributed by atoms with Crippen molar-refractivity contribution in [2.24, 2.45) is 0 Å². The van der Waals surface area contributed by atoms with Gasteiger partial charge in [0.05, 0.1) is 13.2 Å². The number of nitrogens with zero attached hydrogens (tertiary/aromatic N) is 1. The summed E-state index contributed by atoms with van der Waals surface area (Å²) in [6.45, 7) is 2.96. The Bertz CT molecular complexity index is 553. The maximum atomic E-state index is 10.5. The minimum absolute atomic E-state index is 0.0700. The fourth-order valence-corrected chi connectivity index (χ4v) is 2.47. The van der Waals surface area contributed by atoms with Crippen molar-refractivity contribution in [1.29, 1.82) is 0 Å². The van der Waals surface area contributed by atoms with Crippen LogP contribution in [0.4, 0.5) is 0 Å². The Morgan fingerprint density at radius 1 is 1.05 bits per heavy atom. The summed E-state index contributed by atoms with van der Waals surface area (Å²) in [6.07, 6.45) is 0.480. The second-order valence-corrected chi connectivity index (χ2v) is 5.67. The number of methoxy groups -OCH3 is 1. The van der Waals surface area contributed by atoms with E-state index in [1.807, 2.05) is 42.5 Å². The largest absolute Gasteiger partial charge is 0.497 e. The SMILES string of the molecule is COc1ccc(CCN(C)[C@H](C)[C@@H](O)c2ccccc2)cc1. The quantitative estimate of drug-likeness (QED) is 0.851. The van der Waals surface area contributed by atoms with Gasteiger partial charge in [0.15, 0.2) is 0 Å². The number of hydrogen-bond donors (Lipinski definition) is 1. The highest BCUT2D eigenvalue weighted by Crippen LogP contribution is 2.20. The van der Waals surface area contributed by atoms with Gasteiger partial charge in [-0.05, 0) is 43.7 Å². The first-order chi connectivity index (χ1) is 10.6. The predicted octanol–water partition coefficient (Wildman–Crippen LogP) is 3.29. The minimum atomic E-state index is -0.470. The van der Waals surface area contributed by atoms with Crippen molar-refractivity contribution in [3.05, 3.63) is 65.7 Å². The highest BCUT2D eigenvalue weighted by atomic mass is 16.5. The molecule has 0 fully saturated rings. The van der Waals surface area contributed by atoms with Crippen LogP contribution in [-0.2, 0) is 6.42 Å². The third-order valence-corrected chi connectivity index (χ3v) is 4.21. The second kappa shape index (κ2) is 7.97. The van der Waals surface area contributed by atoms with E-state index in [0.717, 1.165) is 24.3 Å². The summed E-state index contributed by atoms with van der Waals surface area (Å²) in [5.74, 6) is 0.880. The van der Waals surface area contributed by atoms with Crippen molar-refractivity contribution in [2.75, 3.05) is 20.7 Å². The van der Waals surface area contributed by atoms with Crippen LogP contribution in [0.15, 0.2) is 54.6 Å². The van der Waals surface area contributed by atoms with E-state index in [0.29, 0.717) is 0 Å². The molecule has 0 heterocycles. The summed E-state index contributed by atoms with van der Waals surface area (Å²) in [6, 6.07) is 18.0. The lowest BCUT2D eigenvalue weighted by atomic mass is 10.0. The third-order valence-electron chi connectivity index (χ3n) is 4.21. The van der Waals surface area contributed by atoms with Crippen LogP contribution < -0.4 is 4.74 Å². The zero-order valence-corrected chi connectivity index (χ0v) is 13.6. The van der Waals surface area contributed by atoms with Crippen molar-refractivity contribution >= 4 is 0 Å². The normalized spacial score (nSPS) is 13.9. The molecule has 3 heteroatoms. The summed E-state index contributed by atoms with van der Waals surface area (Å²) >= 11 is 0. The second-order valence-electron chi connectivity index (χ2n) is 5.67. The van der Waals surface area contributed by atoms with Crippen LogP contribution in [0.25, 0.3) is 0 Å². The monoisotopic (exact) mass is 299 g/mol. The van der Waals surface area contributed by atoms with Gasteiger partial charge in [-0.2, -0.15) is 0 Å². The van der Waals surface area contributed by atoms with Crippen LogP contribution in [-0.4, -0.2) is 36.8 Å². The molecule has 2 aromatic carbocycles. The first kappa shape index (κ1) is 16.5. The van der Waals surface area contributed by atoms with Crippen LogP contribution in [0.2, 0.25) is 0 Å². The highest BCUT2D eigenvalue weighted by Gasteiger charge is 2.19. The topological polar surface area (TPSA) is 32.7 Å². The number of hydrogen-bond acceptors (Lipinski definition) is 3. The van der Waals surface area contributed by atoms with E-state index in [1.165, 1.54) is 5.56 Å². The Hall–Kier alpha value is -1.84. The maximum absolute atomic E-state index is 10.5. The number of benzene rings is 2. The van der Waals surface area contributed by atoms with Crippen molar-refractivity contribution in [3.63, 3.8) is 0 Å². The van der Waals surface area contributed by atoms with E-state index in [4.69, 9.17) is 4.74 Å². The summed E-state index contributed by atoms with van der Waals surface area (Å²) in [5.41, 5.74) is 2.24. The number of ether oxygens (including phenoxy) is 1. The smallest absolute Gasteiger partial charge is 0.118 e. The standard InChI is InChI=1S/C19H25NO2/c1-15(19(21)17-7-5-4-6-8-17)20(2)14-13-16-9-11-18(22-3)12-10-16/h4-12,15,19,21H,13-14H2,1-3H3/t15-,19-/m1/s1. The maximum Gasteiger partial charge on any atom is 0.118 e. The molecule has 0 spiro atoms. The van der Waals surface area contributed by atoms with E-state index in [2.05, 4.69) is 31.0 Å². The molecule has 118 valence electrons. The van der Waals surface area contributed by atoms with Crippen LogP contribution >= 0.6 is 0 Å². The van der Waals surface area contributed by atoms with Gasteiger partial charge in [0, 0.05) is 12.6 Å². The molecule has 3 nitrogen and oxygen atoms in total. The average molecular weight is 299 g/mol. The van der Waals surface area contributed by atoms with Crippen LogP contribution in [0.5, 0.6) is 5.75 Å². The van der Waals surface area contributed by atoms with E-state index < -0.39 is 6.10 Å². The molecule has 1 N–H and O–H groups in total. The third kappa shape index (κ3) is 4.33. The van der Waals surface area contributed by atoms with Crippen LogP contribution in [0.1, 0.15) is 24.2 Å². The lowest BCUT2D eigenvalue weighted by Crippen LogP contribution is -2.35. The Balaban J connectivity index is 1.89. The van der Waals surface area contributed by atoms with Gasteiger partial charge in [0.2, 0.25) is 0 Å². The van der Waals surface area contributed by atoms with Gasteiger partial charge in [-0.1, -0.05) is 42.5 Å². The summed E-state index contributed by atoms with van der Waals surface area (Å²) in [7, 11) is 3.73. The molecule has 0 aliphatic rings. The molecule has 0 aromatic heterocycles. The molecule has 0 amide bonds. The molecule has 2 aromatic rings. The van der Waals surface area contributed by atoms with Gasteiger partial charge in [-0.3, -0.25) is 0 Å². The summed E-state index contributed by atoms with van der Waals surface area (Å²) in [4.78, 5) is 2.20. The molecule has 2 rings (SSSR count). The van der Waals surface area contributed by atoms with Crippen molar-refractivity contribution in [2.45, 2.75) is 25.5 Å². The van der Waals surface area contributed by atoms with Gasteiger partial charge < -0.3 is 14.7 Å². The molecule has 0 bridgehead atoms. The van der Waals surface area contributed by atoms with E-state index in [-0.39, 0.29) is 6.04 Å². The van der Waals surface area contributed by atoms with Crippen LogP contribution in [0, 0.1) is 0 Å². The van der Waals surface area contributed by atoms with Gasteiger partial charge in [-0.15, -0.1) is 0 Å². The Morgan fingerprint density at radius 3 is 2.27 bits per heavy atom. The number of rotatable bonds is 7. The van der Waals surface area contributed by atoms with Crippen molar-refractivity contribution in [1.82, 2.24) is 4.90 Å². The van der Waals surface area contributed by atoms with E-state index >= 15 is 0 Å². The van der Waals surface area contributed by atoms with Gasteiger partial charge in [0.1, 0.15) is 5.75 Å². The lowest BCUT2D eigenvalue weighted by Gasteiger charge is -2.29. The lowest BCUT2D eigenvalue weighted by molar-refractivity contribution is 0.0732. The summed E-state index contributed by atoms with van der Waals surface area (Å²) < 4.78 is 5.17. The van der Waals surface area contributed by atoms with Gasteiger partial charge in [0.25, 0.3) is 0 Å². The number of aliphatic hydroxyl groups excluding tert-OH is 1. The first-order valence-corrected chi connectivity index (χ1v) is 7.68. The highest BCUT2D eigenvalue weighted by molar-refractivity contribution is 5.27. The Labute approximate surface area is 133 Å². The zero-order valence-electron chi connectivity index (χ0n) is 13.6. The molecule has 0 saturated carbocycles. The van der Waals surface area contributed by atoms with Crippen LogP contribution in [0.3, 0.4) is 0 Å². The molecular weight excluding hydrogens is 274 g/mol. The zero-order chi connectivity index (χ0) is 15.9. The molecule has 22 heavy (non-hydrogen) atoms. The molecule has 2 atom stereocenters. The molecule has 0 aliphatic heterocycles. The fraction of sp³-hybridized carbons (Fsp3) is 0.368. The van der Waals surface area contributed by atoms with Gasteiger partial charge in [-0.25, -0.2) is 0 Å². The van der Waals surface area contributed by atoms with Crippen molar-refractivity contribution in [3.8, 4) is 5.75 Å².